The van der Waals surface area contributed by atoms with Crippen LogP contribution in [0.3, 0.4) is 0 Å². The largest absolute Gasteiger partial charge is 0.312 e. The molecule has 0 N–H and O–H groups in total. The summed E-state index contributed by atoms with van der Waals surface area (Å²) in [4.78, 5) is 17.8. The molecule has 1 aliphatic carbocycles. The maximum absolute atomic E-state index is 12.9. The van der Waals surface area contributed by atoms with Gasteiger partial charge in [0.1, 0.15) is 0 Å². The van der Waals surface area contributed by atoms with Crippen LogP contribution >= 0.6 is 0 Å². The van der Waals surface area contributed by atoms with Gasteiger partial charge in [0.05, 0.1) is 0 Å². The van der Waals surface area contributed by atoms with Gasteiger partial charge in [0.2, 0.25) is 0 Å². The molecule has 0 radical (unpaired) electrons. The summed E-state index contributed by atoms with van der Waals surface area (Å²) in [6.45, 7) is 4.02. The van der Waals surface area contributed by atoms with E-state index in [2.05, 4.69) is 26.5 Å². The van der Waals surface area contributed by atoms with E-state index < -0.39 is 0 Å². The summed E-state index contributed by atoms with van der Waals surface area (Å²) in [5.41, 5.74) is 2.49. The van der Waals surface area contributed by atoms with Crippen LogP contribution in [-0.2, 0) is 13.1 Å². The first-order valence-corrected chi connectivity index (χ1v) is 10.2. The first-order valence-electron chi connectivity index (χ1n) is 10.2. The monoisotopic (exact) mass is 343 g/mol. The zero-order valence-electron chi connectivity index (χ0n) is 15.9. The highest BCUT2D eigenvalue weighted by molar-refractivity contribution is 5.22. The summed E-state index contributed by atoms with van der Waals surface area (Å²) < 4.78 is 2.11. The van der Waals surface area contributed by atoms with E-state index in [4.69, 9.17) is 0 Å². The van der Waals surface area contributed by atoms with E-state index >= 15 is 0 Å². The smallest absolute Gasteiger partial charge is 0.255 e. The molecule has 3 aliphatic rings. The van der Waals surface area contributed by atoms with Crippen LogP contribution in [-0.4, -0.2) is 47.6 Å². The van der Waals surface area contributed by atoms with Gasteiger partial charge in [-0.2, -0.15) is 0 Å². The van der Waals surface area contributed by atoms with Crippen molar-refractivity contribution in [2.45, 2.75) is 70.0 Å². The zero-order valence-corrected chi connectivity index (χ0v) is 15.9. The van der Waals surface area contributed by atoms with Crippen molar-refractivity contribution in [2.24, 2.45) is 5.92 Å². The number of piperidine rings is 1. The molecule has 4 nitrogen and oxygen atoms in total. The molecule has 1 saturated heterocycles. The second-order valence-electron chi connectivity index (χ2n) is 8.83. The van der Waals surface area contributed by atoms with Crippen LogP contribution in [0.5, 0.6) is 0 Å². The summed E-state index contributed by atoms with van der Waals surface area (Å²) in [5.74, 6) is 1.21. The quantitative estimate of drug-likeness (QED) is 0.790. The minimum absolute atomic E-state index is 0.254. The second-order valence-corrected chi connectivity index (χ2v) is 8.83. The van der Waals surface area contributed by atoms with Gasteiger partial charge in [-0.25, -0.2) is 0 Å². The Hall–Kier alpha value is -1.13. The van der Waals surface area contributed by atoms with Crippen molar-refractivity contribution < 1.29 is 0 Å². The van der Waals surface area contributed by atoms with Crippen LogP contribution < -0.4 is 5.56 Å². The van der Waals surface area contributed by atoms with Gasteiger partial charge in [0.25, 0.3) is 5.56 Å². The minimum atomic E-state index is 0.254. The fourth-order valence-electron chi connectivity index (χ4n) is 5.41. The Kier molecular flexibility index (Phi) is 5.01. The number of fused-ring (bicyclic) bond motifs is 4. The predicted molar refractivity (Wildman–Crippen MR) is 102 cm³/mol. The third kappa shape index (κ3) is 3.56. The molecule has 0 aromatic carbocycles. The number of pyridine rings is 1. The van der Waals surface area contributed by atoms with Gasteiger partial charge in [-0.1, -0.05) is 31.7 Å². The summed E-state index contributed by atoms with van der Waals surface area (Å²) in [6.07, 6.45) is 9.69. The lowest BCUT2D eigenvalue weighted by molar-refractivity contribution is 0.0744. The summed E-state index contributed by atoms with van der Waals surface area (Å²) in [5, 5.41) is 0. The van der Waals surface area contributed by atoms with Gasteiger partial charge in [-0.3, -0.25) is 9.69 Å². The number of hydrogen-bond donors (Lipinski definition) is 0. The first kappa shape index (κ1) is 17.3. The number of rotatable bonds is 3. The molecule has 2 atom stereocenters. The lowest BCUT2D eigenvalue weighted by Gasteiger charge is -2.46. The average molecular weight is 344 g/mol. The Morgan fingerprint density at radius 3 is 2.52 bits per heavy atom. The lowest BCUT2D eigenvalue weighted by atomic mass is 9.82. The second kappa shape index (κ2) is 7.24. The third-order valence-electron chi connectivity index (χ3n) is 6.54. The highest BCUT2D eigenvalue weighted by Crippen LogP contribution is 2.37. The van der Waals surface area contributed by atoms with E-state index in [0.717, 1.165) is 31.2 Å². The summed E-state index contributed by atoms with van der Waals surface area (Å²) in [7, 11) is 4.06. The minimum Gasteiger partial charge on any atom is -0.312 e. The van der Waals surface area contributed by atoms with E-state index in [9.17, 15) is 4.79 Å². The number of likely N-dealkylation sites (tertiary alicyclic amines) is 1. The standard InChI is InChI=1S/C21H33N3O/c1-22(2)14-17-9-10-20-18-11-16(13-24(20)21(17)25)12-23(15-18)19-7-5-3-4-6-8-19/h9-10,16,18-19H,3-8,11-15H2,1-2H3/t16-,18+/m0/s1. The number of aromatic nitrogens is 1. The van der Waals surface area contributed by atoms with Crippen molar-refractivity contribution >= 4 is 0 Å². The molecule has 25 heavy (non-hydrogen) atoms. The average Bonchev–Trinajstić information content (AvgIpc) is 2.87. The molecule has 2 aliphatic heterocycles. The van der Waals surface area contributed by atoms with Crippen LogP contribution in [0, 0.1) is 5.92 Å². The van der Waals surface area contributed by atoms with E-state index in [0.29, 0.717) is 11.8 Å². The Balaban J connectivity index is 1.56. The van der Waals surface area contributed by atoms with Crippen molar-refractivity contribution in [3.63, 3.8) is 0 Å². The Labute approximate surface area is 151 Å². The fraction of sp³-hybridized carbons (Fsp3) is 0.762. The van der Waals surface area contributed by atoms with Gasteiger partial charge >= 0.3 is 0 Å². The lowest BCUT2D eigenvalue weighted by Crippen LogP contribution is -2.50. The SMILES string of the molecule is CN(C)Cc1ccc2n(c1=O)C[C@H]1C[C@@H]2CN(C2CCCCCC2)C1. The van der Waals surface area contributed by atoms with Crippen molar-refractivity contribution in [1.29, 1.82) is 0 Å². The van der Waals surface area contributed by atoms with Crippen molar-refractivity contribution in [3.8, 4) is 0 Å². The maximum atomic E-state index is 12.9. The molecule has 4 rings (SSSR count). The van der Waals surface area contributed by atoms with Crippen molar-refractivity contribution in [2.75, 3.05) is 27.2 Å². The third-order valence-corrected chi connectivity index (χ3v) is 6.54. The number of hydrogen-bond acceptors (Lipinski definition) is 3. The normalized spacial score (nSPS) is 28.0. The molecule has 3 heterocycles. The van der Waals surface area contributed by atoms with Gasteiger partial charge in [0, 0.05) is 49.4 Å². The molecular formula is C21H33N3O. The molecule has 1 saturated carbocycles. The molecular weight excluding hydrogens is 310 g/mol. The van der Waals surface area contributed by atoms with E-state index in [-0.39, 0.29) is 5.56 Å². The van der Waals surface area contributed by atoms with E-state index in [1.54, 1.807) is 0 Å². The fourth-order valence-corrected chi connectivity index (χ4v) is 5.41. The predicted octanol–water partition coefficient (Wildman–Crippen LogP) is 3.05. The van der Waals surface area contributed by atoms with Crippen LogP contribution in [0.15, 0.2) is 16.9 Å². The number of nitrogens with zero attached hydrogens (tertiary/aromatic N) is 3. The molecule has 4 heteroatoms. The molecule has 2 bridgehead atoms. The molecule has 0 unspecified atom stereocenters. The Bertz CT molecular complexity index is 658. The van der Waals surface area contributed by atoms with Gasteiger partial charge in [0.15, 0.2) is 0 Å². The molecule has 1 aromatic rings. The molecule has 0 amide bonds. The van der Waals surface area contributed by atoms with Gasteiger partial charge < -0.3 is 9.47 Å². The van der Waals surface area contributed by atoms with Gasteiger partial charge in [-0.15, -0.1) is 0 Å². The topological polar surface area (TPSA) is 28.5 Å². The zero-order chi connectivity index (χ0) is 17.4. The van der Waals surface area contributed by atoms with Crippen LogP contribution in [0.25, 0.3) is 0 Å². The maximum Gasteiger partial charge on any atom is 0.255 e. The molecule has 138 valence electrons. The Morgan fingerprint density at radius 1 is 1.04 bits per heavy atom. The molecule has 1 aromatic heterocycles. The van der Waals surface area contributed by atoms with Crippen LogP contribution in [0.1, 0.15) is 62.1 Å². The first-order chi connectivity index (χ1) is 12.1. The summed E-state index contributed by atoms with van der Waals surface area (Å²) >= 11 is 0. The van der Waals surface area contributed by atoms with Crippen molar-refractivity contribution in [3.05, 3.63) is 33.7 Å². The van der Waals surface area contributed by atoms with E-state index in [1.165, 1.54) is 57.2 Å². The highest BCUT2D eigenvalue weighted by atomic mass is 16.1. The van der Waals surface area contributed by atoms with Crippen molar-refractivity contribution in [1.82, 2.24) is 14.4 Å². The van der Waals surface area contributed by atoms with E-state index in [1.807, 2.05) is 14.1 Å². The Morgan fingerprint density at radius 2 is 1.80 bits per heavy atom. The van der Waals surface area contributed by atoms with Crippen LogP contribution in [0.4, 0.5) is 0 Å². The van der Waals surface area contributed by atoms with Gasteiger partial charge in [-0.05, 0) is 45.3 Å². The summed E-state index contributed by atoms with van der Waals surface area (Å²) in [6, 6.07) is 5.12. The van der Waals surface area contributed by atoms with Crippen LogP contribution in [0.2, 0.25) is 0 Å². The molecule has 2 fully saturated rings. The molecule has 0 spiro atoms. The highest BCUT2D eigenvalue weighted by Gasteiger charge is 2.37.